The number of esters is 1. The molecule has 3 atom stereocenters. The van der Waals surface area contributed by atoms with E-state index in [9.17, 15) is 4.79 Å². The molecule has 0 fully saturated rings. The van der Waals surface area contributed by atoms with Gasteiger partial charge in [0.25, 0.3) is 0 Å². The standard InChI is InChI=1S/C20H32O2/c1-15-8-6-9-16(2)14-17(3)10-7-11-18(4)19(5)22-20(21)13-12-15/h7-8,11,14,17-19H,6,9-10,12-13H2,1-5H3/b11-7+,15-8+,16-14+/t17-,18+,19-/m0/s1. The lowest BCUT2D eigenvalue weighted by molar-refractivity contribution is -0.149. The third-order valence-electron chi connectivity index (χ3n) is 4.33. The van der Waals surface area contributed by atoms with E-state index in [1.807, 2.05) is 6.92 Å². The highest BCUT2D eigenvalue weighted by atomic mass is 16.5. The maximum atomic E-state index is 11.9. The maximum Gasteiger partial charge on any atom is 0.306 e. The number of ether oxygens (including phenoxy) is 1. The molecule has 0 amide bonds. The van der Waals surface area contributed by atoms with Crippen molar-refractivity contribution in [1.29, 1.82) is 0 Å². The van der Waals surface area contributed by atoms with Crippen LogP contribution in [0, 0.1) is 11.8 Å². The minimum Gasteiger partial charge on any atom is -0.462 e. The summed E-state index contributed by atoms with van der Waals surface area (Å²) in [5, 5.41) is 0. The first kappa shape index (κ1) is 18.7. The highest BCUT2D eigenvalue weighted by Crippen LogP contribution is 2.17. The van der Waals surface area contributed by atoms with Crippen molar-refractivity contribution in [2.45, 2.75) is 72.8 Å². The van der Waals surface area contributed by atoms with Gasteiger partial charge in [0.1, 0.15) is 6.10 Å². The first-order valence-corrected chi connectivity index (χ1v) is 8.57. The fraction of sp³-hybridized carbons (Fsp3) is 0.650. The summed E-state index contributed by atoms with van der Waals surface area (Å²) in [6, 6.07) is 0. The quantitative estimate of drug-likeness (QED) is 0.430. The molecule has 1 aliphatic rings. The molecular weight excluding hydrogens is 272 g/mol. The van der Waals surface area contributed by atoms with E-state index in [4.69, 9.17) is 4.74 Å². The molecule has 0 aromatic rings. The van der Waals surface area contributed by atoms with Gasteiger partial charge in [0.05, 0.1) is 0 Å². The lowest BCUT2D eigenvalue weighted by Gasteiger charge is -2.18. The van der Waals surface area contributed by atoms with Crippen LogP contribution in [-0.4, -0.2) is 12.1 Å². The molecule has 0 saturated heterocycles. The van der Waals surface area contributed by atoms with Crippen molar-refractivity contribution in [3.8, 4) is 0 Å². The van der Waals surface area contributed by atoms with E-state index in [2.05, 4.69) is 52.0 Å². The predicted octanol–water partition coefficient (Wildman–Crippen LogP) is 5.60. The minimum atomic E-state index is -0.0861. The van der Waals surface area contributed by atoms with Gasteiger partial charge < -0.3 is 4.74 Å². The van der Waals surface area contributed by atoms with Crippen LogP contribution in [0.5, 0.6) is 0 Å². The average Bonchev–Trinajstić information content (AvgIpc) is 2.43. The third kappa shape index (κ3) is 7.63. The second kappa shape index (κ2) is 9.66. The summed E-state index contributed by atoms with van der Waals surface area (Å²) in [5.41, 5.74) is 2.74. The Bertz CT molecular complexity index is 443. The number of carbonyl (C=O) groups is 1. The van der Waals surface area contributed by atoms with Gasteiger partial charge >= 0.3 is 5.97 Å². The normalized spacial score (nSPS) is 35.7. The van der Waals surface area contributed by atoms with Crippen molar-refractivity contribution in [2.75, 3.05) is 0 Å². The Morgan fingerprint density at radius 3 is 2.50 bits per heavy atom. The number of carbonyl (C=O) groups excluding carboxylic acids is 1. The molecule has 0 N–H and O–H groups in total. The third-order valence-corrected chi connectivity index (χ3v) is 4.33. The van der Waals surface area contributed by atoms with Crippen LogP contribution in [0.4, 0.5) is 0 Å². The minimum absolute atomic E-state index is 0.0616. The molecular formula is C20H32O2. The van der Waals surface area contributed by atoms with E-state index in [-0.39, 0.29) is 18.0 Å². The Hall–Kier alpha value is -1.31. The summed E-state index contributed by atoms with van der Waals surface area (Å²) in [7, 11) is 0. The fourth-order valence-corrected chi connectivity index (χ4v) is 2.62. The van der Waals surface area contributed by atoms with Gasteiger partial charge in [-0.15, -0.1) is 0 Å². The summed E-state index contributed by atoms with van der Waals surface area (Å²) in [6.07, 6.45) is 13.5. The van der Waals surface area contributed by atoms with Gasteiger partial charge in [-0.2, -0.15) is 0 Å². The second-order valence-corrected chi connectivity index (χ2v) is 6.80. The van der Waals surface area contributed by atoms with Crippen molar-refractivity contribution in [3.05, 3.63) is 35.5 Å². The van der Waals surface area contributed by atoms with Crippen molar-refractivity contribution in [1.82, 2.24) is 0 Å². The molecule has 22 heavy (non-hydrogen) atoms. The van der Waals surface area contributed by atoms with Gasteiger partial charge in [-0.3, -0.25) is 4.79 Å². The van der Waals surface area contributed by atoms with Crippen LogP contribution < -0.4 is 0 Å². The number of hydrogen-bond donors (Lipinski definition) is 0. The number of cyclic esters (lactones) is 1. The van der Waals surface area contributed by atoms with E-state index >= 15 is 0 Å². The van der Waals surface area contributed by atoms with Gasteiger partial charge in [-0.25, -0.2) is 0 Å². The first-order chi connectivity index (χ1) is 10.4. The lowest BCUT2D eigenvalue weighted by atomic mass is 9.99. The number of allylic oxidation sites excluding steroid dienone is 5. The molecule has 0 aromatic heterocycles. The molecule has 2 nitrogen and oxygen atoms in total. The predicted molar refractivity (Wildman–Crippen MR) is 93.6 cm³/mol. The van der Waals surface area contributed by atoms with E-state index in [1.54, 1.807) is 0 Å². The zero-order valence-corrected chi connectivity index (χ0v) is 14.9. The van der Waals surface area contributed by atoms with Crippen molar-refractivity contribution in [2.24, 2.45) is 11.8 Å². The second-order valence-electron chi connectivity index (χ2n) is 6.80. The van der Waals surface area contributed by atoms with Crippen molar-refractivity contribution in [3.63, 3.8) is 0 Å². The van der Waals surface area contributed by atoms with Crippen LogP contribution in [0.25, 0.3) is 0 Å². The molecule has 0 radical (unpaired) electrons. The Kier molecular flexibility index (Phi) is 8.22. The fourth-order valence-electron chi connectivity index (χ4n) is 2.62. The molecule has 0 bridgehead atoms. The van der Waals surface area contributed by atoms with Crippen molar-refractivity contribution >= 4 is 5.97 Å². The van der Waals surface area contributed by atoms with Crippen LogP contribution in [0.15, 0.2) is 35.5 Å². The Labute approximate surface area is 136 Å². The molecule has 1 aliphatic heterocycles. The van der Waals surface area contributed by atoms with Gasteiger partial charge in [0.2, 0.25) is 0 Å². The van der Waals surface area contributed by atoms with Gasteiger partial charge in [0, 0.05) is 12.3 Å². The largest absolute Gasteiger partial charge is 0.462 e. The van der Waals surface area contributed by atoms with Crippen molar-refractivity contribution < 1.29 is 9.53 Å². The monoisotopic (exact) mass is 304 g/mol. The number of rotatable bonds is 0. The van der Waals surface area contributed by atoms with E-state index in [0.717, 1.165) is 25.7 Å². The van der Waals surface area contributed by atoms with Crippen LogP contribution in [0.3, 0.4) is 0 Å². The van der Waals surface area contributed by atoms with E-state index in [0.29, 0.717) is 12.3 Å². The Morgan fingerprint density at radius 1 is 1.05 bits per heavy atom. The molecule has 0 spiro atoms. The summed E-state index contributed by atoms with van der Waals surface area (Å²) < 4.78 is 5.53. The highest BCUT2D eigenvalue weighted by Gasteiger charge is 2.14. The smallest absolute Gasteiger partial charge is 0.306 e. The first-order valence-electron chi connectivity index (χ1n) is 8.57. The zero-order valence-electron chi connectivity index (χ0n) is 14.9. The summed E-state index contributed by atoms with van der Waals surface area (Å²) in [6.45, 7) is 10.7. The highest BCUT2D eigenvalue weighted by molar-refractivity contribution is 5.69. The topological polar surface area (TPSA) is 26.3 Å². The van der Waals surface area contributed by atoms with Crippen LogP contribution >= 0.6 is 0 Å². The summed E-state index contributed by atoms with van der Waals surface area (Å²) in [5.74, 6) is 0.724. The lowest BCUT2D eigenvalue weighted by Crippen LogP contribution is -2.20. The molecule has 124 valence electrons. The number of hydrogen-bond acceptors (Lipinski definition) is 2. The molecule has 2 heteroatoms. The average molecular weight is 304 g/mol. The van der Waals surface area contributed by atoms with Gasteiger partial charge in [-0.05, 0) is 52.4 Å². The SMILES string of the molecule is C/C1=C\[C@@H](C)C/C=C/[C@@H](C)[C@H](C)OC(=O)CC/C(C)=C/CC1. The van der Waals surface area contributed by atoms with E-state index in [1.165, 1.54) is 11.1 Å². The van der Waals surface area contributed by atoms with Gasteiger partial charge in [0.15, 0.2) is 0 Å². The summed E-state index contributed by atoms with van der Waals surface area (Å²) >= 11 is 0. The molecule has 0 aromatic carbocycles. The van der Waals surface area contributed by atoms with Crippen LogP contribution in [0.2, 0.25) is 0 Å². The van der Waals surface area contributed by atoms with Gasteiger partial charge in [-0.1, -0.05) is 49.3 Å². The maximum absolute atomic E-state index is 11.9. The van der Waals surface area contributed by atoms with Crippen LogP contribution in [0.1, 0.15) is 66.7 Å². The summed E-state index contributed by atoms with van der Waals surface area (Å²) in [4.78, 5) is 11.9. The Morgan fingerprint density at radius 2 is 1.77 bits per heavy atom. The van der Waals surface area contributed by atoms with Crippen LogP contribution in [-0.2, 0) is 9.53 Å². The zero-order chi connectivity index (χ0) is 16.5. The molecule has 0 aliphatic carbocycles. The molecule has 0 saturated carbocycles. The Balaban J connectivity index is 2.78. The molecule has 1 heterocycles. The van der Waals surface area contributed by atoms with E-state index < -0.39 is 0 Å². The molecule has 1 rings (SSSR count). The molecule has 0 unspecified atom stereocenters.